The van der Waals surface area contributed by atoms with E-state index in [0.717, 1.165) is 28.9 Å². The molecule has 2 aliphatic rings. The van der Waals surface area contributed by atoms with Crippen molar-refractivity contribution in [1.82, 2.24) is 24.6 Å². The summed E-state index contributed by atoms with van der Waals surface area (Å²) in [6.45, 7) is 3.82. The van der Waals surface area contributed by atoms with Crippen molar-refractivity contribution in [2.24, 2.45) is 0 Å². The molecule has 180 valence electrons. The molecule has 0 amide bonds. The van der Waals surface area contributed by atoms with E-state index in [0.29, 0.717) is 51.5 Å². The summed E-state index contributed by atoms with van der Waals surface area (Å²) < 4.78 is 74.0. The summed E-state index contributed by atoms with van der Waals surface area (Å²) in [4.78, 5) is 12.4. The zero-order valence-electron chi connectivity index (χ0n) is 17.8. The molecule has 0 aliphatic carbocycles. The highest BCUT2D eigenvalue weighted by Gasteiger charge is 2.34. The number of alkyl halides is 3. The number of rotatable bonds is 5. The first kappa shape index (κ1) is 22.5. The fraction of sp³-hybridized carbons (Fsp3) is 0.381. The maximum atomic E-state index is 13.6. The van der Waals surface area contributed by atoms with Crippen LogP contribution in [0.2, 0.25) is 0 Å². The van der Waals surface area contributed by atoms with Crippen LogP contribution in [-0.4, -0.2) is 70.1 Å². The van der Waals surface area contributed by atoms with Crippen LogP contribution in [0.1, 0.15) is 5.56 Å². The summed E-state index contributed by atoms with van der Waals surface area (Å²) in [5.74, 6) is -1.57. The molecule has 2 fully saturated rings. The van der Waals surface area contributed by atoms with Crippen LogP contribution in [0.4, 0.5) is 39.5 Å². The van der Waals surface area contributed by atoms with Gasteiger partial charge in [0.25, 0.3) is 0 Å². The Kier molecular flexibility index (Phi) is 5.81. The summed E-state index contributed by atoms with van der Waals surface area (Å²) in [6.07, 6.45) is -3.39. The van der Waals surface area contributed by atoms with Crippen LogP contribution in [0.25, 0.3) is 5.69 Å². The second-order valence-electron chi connectivity index (χ2n) is 8.08. The van der Waals surface area contributed by atoms with Crippen molar-refractivity contribution in [1.29, 1.82) is 0 Å². The molecule has 2 aliphatic heterocycles. The molecule has 13 heteroatoms. The quantitative estimate of drug-likeness (QED) is 0.561. The Morgan fingerprint density at radius 2 is 1.65 bits per heavy atom. The first-order valence-corrected chi connectivity index (χ1v) is 10.6. The summed E-state index contributed by atoms with van der Waals surface area (Å²) in [5.41, 5.74) is -0.785. The average molecular weight is 481 g/mol. The maximum Gasteiger partial charge on any atom is 0.416 e. The van der Waals surface area contributed by atoms with Crippen LogP contribution in [-0.2, 0) is 10.9 Å². The third-order valence-corrected chi connectivity index (χ3v) is 5.76. The zero-order chi connectivity index (χ0) is 23.9. The van der Waals surface area contributed by atoms with Crippen molar-refractivity contribution < 1.29 is 26.7 Å². The van der Waals surface area contributed by atoms with E-state index < -0.39 is 23.4 Å². The summed E-state index contributed by atoms with van der Waals surface area (Å²) >= 11 is 0. The molecule has 0 unspecified atom stereocenters. The number of halogens is 5. The smallest absolute Gasteiger partial charge is 0.378 e. The number of ether oxygens (including phenoxy) is 1. The molecule has 0 atom stereocenters. The van der Waals surface area contributed by atoms with E-state index in [2.05, 4.69) is 25.3 Å². The Bertz CT molecular complexity index is 1150. The first-order valence-electron chi connectivity index (χ1n) is 10.6. The largest absolute Gasteiger partial charge is 0.416 e. The van der Waals surface area contributed by atoms with E-state index in [1.54, 1.807) is 4.90 Å². The summed E-state index contributed by atoms with van der Waals surface area (Å²) in [6, 6.07) is 5.08. The Labute approximate surface area is 191 Å². The van der Waals surface area contributed by atoms with E-state index in [-0.39, 0.29) is 23.3 Å². The topological polar surface area (TPSA) is 71.3 Å². The van der Waals surface area contributed by atoms with Gasteiger partial charge in [-0.15, -0.1) is 5.10 Å². The van der Waals surface area contributed by atoms with Gasteiger partial charge in [0.15, 0.2) is 0 Å². The van der Waals surface area contributed by atoms with Gasteiger partial charge in [0.05, 0.1) is 30.5 Å². The Balaban J connectivity index is 1.37. The Morgan fingerprint density at radius 1 is 0.941 bits per heavy atom. The molecule has 1 N–H and O–H groups in total. The van der Waals surface area contributed by atoms with E-state index in [9.17, 15) is 22.0 Å². The van der Waals surface area contributed by atoms with Crippen LogP contribution in [0.3, 0.4) is 0 Å². The number of anilines is 3. The molecule has 1 aromatic carbocycles. The predicted octanol–water partition coefficient (Wildman–Crippen LogP) is 3.22. The number of piperazine rings is 1. The van der Waals surface area contributed by atoms with Gasteiger partial charge < -0.3 is 15.0 Å². The minimum Gasteiger partial charge on any atom is -0.378 e. The minimum atomic E-state index is -4.58. The lowest BCUT2D eigenvalue weighted by atomic mass is 10.1. The Hall–Kier alpha value is -3.32. The van der Waals surface area contributed by atoms with Crippen LogP contribution < -0.4 is 10.2 Å². The number of pyridine rings is 1. The van der Waals surface area contributed by atoms with Gasteiger partial charge in [0.1, 0.15) is 29.6 Å². The highest BCUT2D eigenvalue weighted by atomic mass is 19.4. The van der Waals surface area contributed by atoms with E-state index in [4.69, 9.17) is 4.74 Å². The molecule has 34 heavy (non-hydrogen) atoms. The molecule has 3 aromatic rings. The number of nitrogens with zero attached hydrogens (tertiary/aromatic N) is 6. The van der Waals surface area contributed by atoms with E-state index in [1.165, 1.54) is 6.33 Å². The molecule has 0 radical (unpaired) electrons. The molecule has 5 rings (SSSR count). The second kappa shape index (κ2) is 8.80. The van der Waals surface area contributed by atoms with Crippen molar-refractivity contribution in [3.63, 3.8) is 0 Å². The monoisotopic (exact) mass is 481 g/mol. The van der Waals surface area contributed by atoms with Crippen LogP contribution in [0.15, 0.2) is 36.7 Å². The highest BCUT2D eigenvalue weighted by molar-refractivity contribution is 5.56. The van der Waals surface area contributed by atoms with Gasteiger partial charge in [0.2, 0.25) is 5.95 Å². The third-order valence-electron chi connectivity index (χ3n) is 5.76. The van der Waals surface area contributed by atoms with E-state index in [1.807, 2.05) is 0 Å². The summed E-state index contributed by atoms with van der Waals surface area (Å²) in [7, 11) is 0. The van der Waals surface area contributed by atoms with Crippen LogP contribution in [0, 0.1) is 11.6 Å². The number of nitrogens with one attached hydrogen (secondary N) is 1. The average Bonchev–Trinajstić information content (AvgIpc) is 3.20. The fourth-order valence-corrected chi connectivity index (χ4v) is 3.89. The van der Waals surface area contributed by atoms with Gasteiger partial charge in [-0.2, -0.15) is 18.2 Å². The van der Waals surface area contributed by atoms with Gasteiger partial charge >= 0.3 is 6.18 Å². The van der Waals surface area contributed by atoms with Gasteiger partial charge in [-0.1, -0.05) is 0 Å². The van der Waals surface area contributed by atoms with Crippen molar-refractivity contribution in [2.75, 3.05) is 49.6 Å². The van der Waals surface area contributed by atoms with Crippen molar-refractivity contribution in [3.05, 3.63) is 53.9 Å². The lowest BCUT2D eigenvalue weighted by Crippen LogP contribution is -2.56. The Morgan fingerprint density at radius 3 is 2.26 bits per heavy atom. The number of aromatic nitrogens is 4. The molecule has 4 heterocycles. The van der Waals surface area contributed by atoms with Crippen LogP contribution in [0.5, 0.6) is 0 Å². The number of hydrogen-bond donors (Lipinski definition) is 1. The molecular weight excluding hydrogens is 461 g/mol. The van der Waals surface area contributed by atoms with Gasteiger partial charge in [0, 0.05) is 32.2 Å². The number of hydrogen-bond acceptors (Lipinski definition) is 7. The molecule has 0 spiro atoms. The van der Waals surface area contributed by atoms with Crippen molar-refractivity contribution in [3.8, 4) is 5.69 Å². The lowest BCUT2D eigenvalue weighted by molar-refractivity contribution is -0.137. The second-order valence-corrected chi connectivity index (χ2v) is 8.08. The molecular formula is C21H20F5N7O. The predicted molar refractivity (Wildman–Crippen MR) is 112 cm³/mol. The molecule has 2 aromatic heterocycles. The van der Waals surface area contributed by atoms with E-state index >= 15 is 0 Å². The van der Waals surface area contributed by atoms with Gasteiger partial charge in [-0.3, -0.25) is 4.90 Å². The first-order chi connectivity index (χ1) is 16.2. The van der Waals surface area contributed by atoms with Crippen molar-refractivity contribution in [2.45, 2.75) is 12.2 Å². The highest BCUT2D eigenvalue weighted by Crippen LogP contribution is 2.34. The standard InChI is InChI=1S/C21H20F5N7O/c22-14-7-15(23)9-16(8-14)33-12-27-20(30-33)29-18-5-13(21(24,25)26)6-19(28-18)32-3-1-31(2-4-32)17-10-34-11-17/h5-9,12,17H,1-4,10-11H2,(H,28,29,30). The lowest BCUT2D eigenvalue weighted by Gasteiger charge is -2.43. The van der Waals surface area contributed by atoms with Crippen molar-refractivity contribution >= 4 is 17.6 Å². The SMILES string of the molecule is Fc1cc(F)cc(-n2cnc(Nc3cc(C(F)(F)F)cc(N4CCN(C5COC5)CC4)n3)n2)c1. The molecule has 2 saturated heterocycles. The zero-order valence-corrected chi connectivity index (χ0v) is 17.8. The minimum absolute atomic E-state index is 0.0720. The maximum absolute atomic E-state index is 13.6. The summed E-state index contributed by atoms with van der Waals surface area (Å²) in [5, 5.41) is 6.71. The number of benzene rings is 1. The molecule has 8 nitrogen and oxygen atoms in total. The third kappa shape index (κ3) is 4.80. The normalized spacial score (nSPS) is 17.6. The van der Waals surface area contributed by atoms with Gasteiger partial charge in [-0.05, 0) is 24.3 Å². The molecule has 0 saturated carbocycles. The van der Waals surface area contributed by atoms with Crippen LogP contribution >= 0.6 is 0 Å². The van der Waals surface area contributed by atoms with Gasteiger partial charge in [-0.25, -0.2) is 18.4 Å². The fourth-order valence-electron chi connectivity index (χ4n) is 3.89. The molecule has 0 bridgehead atoms.